The lowest BCUT2D eigenvalue weighted by Gasteiger charge is -2.11. The molecule has 1 atom stereocenters. The number of ether oxygens (including phenoxy) is 1. The lowest BCUT2D eigenvalue weighted by atomic mass is 10.0. The summed E-state index contributed by atoms with van der Waals surface area (Å²) >= 11 is 5.23. The molecule has 120 valence electrons. The molecule has 0 fully saturated rings. The number of halogens is 1. The van der Waals surface area contributed by atoms with Crippen LogP contribution in [0.4, 0.5) is 0 Å². The SMILES string of the molecule is COc1ccc2sc(C(O)c3cc(Br)c4ccccc4c3)cc2c1. The average molecular weight is 399 g/mol. The minimum Gasteiger partial charge on any atom is -0.497 e. The summed E-state index contributed by atoms with van der Waals surface area (Å²) in [5, 5.41) is 14.2. The zero-order chi connectivity index (χ0) is 16.7. The molecule has 4 aromatic rings. The molecule has 1 heterocycles. The first-order chi connectivity index (χ1) is 11.7. The molecule has 24 heavy (non-hydrogen) atoms. The third-order valence-electron chi connectivity index (χ3n) is 4.16. The Balaban J connectivity index is 1.79. The van der Waals surface area contributed by atoms with Crippen LogP contribution in [0.5, 0.6) is 5.75 Å². The van der Waals surface area contributed by atoms with E-state index in [-0.39, 0.29) is 0 Å². The topological polar surface area (TPSA) is 29.5 Å². The van der Waals surface area contributed by atoms with E-state index in [1.807, 2.05) is 42.5 Å². The number of fused-ring (bicyclic) bond motifs is 2. The number of hydrogen-bond donors (Lipinski definition) is 1. The number of thiophene rings is 1. The van der Waals surface area contributed by atoms with E-state index in [9.17, 15) is 5.11 Å². The summed E-state index contributed by atoms with van der Waals surface area (Å²) in [5.74, 6) is 0.829. The van der Waals surface area contributed by atoms with Gasteiger partial charge in [0.2, 0.25) is 0 Å². The van der Waals surface area contributed by atoms with Crippen molar-refractivity contribution in [3.05, 3.63) is 75.6 Å². The molecule has 1 aromatic heterocycles. The minimum atomic E-state index is -0.644. The zero-order valence-corrected chi connectivity index (χ0v) is 15.4. The van der Waals surface area contributed by atoms with Crippen LogP contribution in [0, 0.1) is 0 Å². The van der Waals surface area contributed by atoms with Gasteiger partial charge in [-0.1, -0.05) is 40.2 Å². The number of aliphatic hydroxyl groups excluding tert-OH is 1. The smallest absolute Gasteiger partial charge is 0.119 e. The van der Waals surface area contributed by atoms with Crippen molar-refractivity contribution in [1.29, 1.82) is 0 Å². The van der Waals surface area contributed by atoms with Crippen molar-refractivity contribution in [3.63, 3.8) is 0 Å². The molecule has 4 heteroatoms. The summed E-state index contributed by atoms with van der Waals surface area (Å²) in [6.07, 6.45) is -0.644. The molecule has 0 saturated heterocycles. The number of hydrogen-bond acceptors (Lipinski definition) is 3. The number of benzene rings is 3. The maximum Gasteiger partial charge on any atom is 0.119 e. The summed E-state index contributed by atoms with van der Waals surface area (Å²) < 4.78 is 7.42. The molecule has 0 aliphatic carbocycles. The Morgan fingerprint density at radius 3 is 2.67 bits per heavy atom. The molecule has 3 aromatic carbocycles. The predicted molar refractivity (Wildman–Crippen MR) is 104 cm³/mol. The Morgan fingerprint density at radius 1 is 1.00 bits per heavy atom. The van der Waals surface area contributed by atoms with Gasteiger partial charge in [0, 0.05) is 14.0 Å². The summed E-state index contributed by atoms with van der Waals surface area (Å²) in [6, 6.07) is 20.2. The van der Waals surface area contributed by atoms with Gasteiger partial charge in [-0.15, -0.1) is 11.3 Å². The van der Waals surface area contributed by atoms with Crippen LogP contribution in [0.1, 0.15) is 16.5 Å². The van der Waals surface area contributed by atoms with Crippen molar-refractivity contribution in [2.45, 2.75) is 6.10 Å². The van der Waals surface area contributed by atoms with Crippen molar-refractivity contribution in [1.82, 2.24) is 0 Å². The highest BCUT2D eigenvalue weighted by Gasteiger charge is 2.16. The van der Waals surface area contributed by atoms with Gasteiger partial charge in [0.15, 0.2) is 0 Å². The summed E-state index contributed by atoms with van der Waals surface area (Å²) in [4.78, 5) is 0.931. The number of methoxy groups -OCH3 is 1. The number of rotatable bonds is 3. The van der Waals surface area contributed by atoms with Gasteiger partial charge in [0.05, 0.1) is 7.11 Å². The van der Waals surface area contributed by atoms with Gasteiger partial charge >= 0.3 is 0 Å². The van der Waals surface area contributed by atoms with Crippen molar-refractivity contribution in [3.8, 4) is 5.75 Å². The summed E-state index contributed by atoms with van der Waals surface area (Å²) in [7, 11) is 1.66. The fourth-order valence-electron chi connectivity index (χ4n) is 2.91. The van der Waals surface area contributed by atoms with Crippen LogP contribution in [0.2, 0.25) is 0 Å². The molecule has 0 aliphatic heterocycles. The summed E-state index contributed by atoms with van der Waals surface area (Å²) in [5.41, 5.74) is 0.888. The largest absolute Gasteiger partial charge is 0.497 e. The monoisotopic (exact) mass is 398 g/mol. The van der Waals surface area contributed by atoms with Gasteiger partial charge in [0.1, 0.15) is 11.9 Å². The Hall–Kier alpha value is -1.88. The Morgan fingerprint density at radius 2 is 1.83 bits per heavy atom. The van der Waals surface area contributed by atoms with Crippen molar-refractivity contribution in [2.75, 3.05) is 7.11 Å². The maximum absolute atomic E-state index is 10.9. The molecule has 4 rings (SSSR count). The van der Waals surface area contributed by atoms with Gasteiger partial charge in [-0.2, -0.15) is 0 Å². The quantitative estimate of drug-likeness (QED) is 0.464. The first-order valence-electron chi connectivity index (χ1n) is 7.59. The third-order valence-corrected chi connectivity index (χ3v) is 5.99. The minimum absolute atomic E-state index is 0.644. The Kier molecular flexibility index (Phi) is 4.04. The van der Waals surface area contributed by atoms with Gasteiger partial charge in [-0.05, 0) is 58.1 Å². The van der Waals surface area contributed by atoms with Crippen molar-refractivity contribution < 1.29 is 9.84 Å². The van der Waals surface area contributed by atoms with Crippen LogP contribution in [0.25, 0.3) is 20.9 Å². The van der Waals surface area contributed by atoms with E-state index in [4.69, 9.17) is 4.74 Å². The Labute approximate surface area is 152 Å². The van der Waals surface area contributed by atoms with Crippen LogP contribution in [0.15, 0.2) is 65.1 Å². The highest BCUT2D eigenvalue weighted by Crippen LogP contribution is 2.37. The third kappa shape index (κ3) is 2.71. The molecule has 0 saturated carbocycles. The van der Waals surface area contributed by atoms with E-state index in [1.165, 1.54) is 0 Å². The fourth-order valence-corrected chi connectivity index (χ4v) is 4.60. The van der Waals surface area contributed by atoms with Crippen LogP contribution in [0.3, 0.4) is 0 Å². The number of aliphatic hydroxyl groups is 1. The summed E-state index contributed by atoms with van der Waals surface area (Å²) in [6.45, 7) is 0. The van der Waals surface area contributed by atoms with E-state index in [0.717, 1.165) is 41.5 Å². The predicted octanol–water partition coefficient (Wildman–Crippen LogP) is 5.91. The van der Waals surface area contributed by atoms with E-state index < -0.39 is 6.10 Å². The lowest BCUT2D eigenvalue weighted by molar-refractivity contribution is 0.224. The molecule has 0 bridgehead atoms. The van der Waals surface area contributed by atoms with Crippen molar-refractivity contribution >= 4 is 48.1 Å². The first kappa shape index (κ1) is 15.6. The highest BCUT2D eigenvalue weighted by atomic mass is 79.9. The van der Waals surface area contributed by atoms with E-state index >= 15 is 0 Å². The van der Waals surface area contributed by atoms with Crippen LogP contribution < -0.4 is 4.74 Å². The fraction of sp³-hybridized carbons (Fsp3) is 0.100. The first-order valence-corrected chi connectivity index (χ1v) is 9.20. The van der Waals surface area contributed by atoms with E-state index in [0.29, 0.717) is 0 Å². The second-order valence-corrected chi connectivity index (χ2v) is 7.65. The van der Waals surface area contributed by atoms with Gasteiger partial charge in [-0.3, -0.25) is 0 Å². The second-order valence-electron chi connectivity index (χ2n) is 5.68. The average Bonchev–Trinajstić information content (AvgIpc) is 3.04. The van der Waals surface area contributed by atoms with E-state index in [1.54, 1.807) is 18.4 Å². The molecule has 1 unspecified atom stereocenters. The molecule has 0 radical (unpaired) electrons. The van der Waals surface area contributed by atoms with Gasteiger partial charge in [-0.25, -0.2) is 0 Å². The van der Waals surface area contributed by atoms with Crippen molar-refractivity contribution in [2.24, 2.45) is 0 Å². The molecular weight excluding hydrogens is 384 g/mol. The van der Waals surface area contributed by atoms with Gasteiger partial charge < -0.3 is 9.84 Å². The van der Waals surface area contributed by atoms with Crippen LogP contribution in [-0.4, -0.2) is 12.2 Å². The lowest BCUT2D eigenvalue weighted by Crippen LogP contribution is -1.97. The van der Waals surface area contributed by atoms with E-state index in [2.05, 4.69) is 34.1 Å². The molecule has 0 amide bonds. The van der Waals surface area contributed by atoms with Gasteiger partial charge in [0.25, 0.3) is 0 Å². The molecule has 2 nitrogen and oxygen atoms in total. The van der Waals surface area contributed by atoms with Crippen LogP contribution in [-0.2, 0) is 0 Å². The molecule has 0 spiro atoms. The maximum atomic E-state index is 10.9. The normalized spacial score (nSPS) is 12.6. The molecule has 0 aliphatic rings. The Bertz CT molecular complexity index is 1040. The molecular formula is C20H15BrO2S. The van der Waals surface area contributed by atoms with Crippen LogP contribution >= 0.6 is 27.3 Å². The highest BCUT2D eigenvalue weighted by molar-refractivity contribution is 9.10. The molecule has 1 N–H and O–H groups in total. The standard InChI is InChI=1S/C20H15BrO2S/c1-23-15-6-7-18-13(9-15)11-19(24-18)20(22)14-8-12-4-2-3-5-16(12)17(21)10-14/h2-11,20,22H,1H3. The second kappa shape index (κ2) is 6.20. The zero-order valence-electron chi connectivity index (χ0n) is 13.0.